The zero-order valence-corrected chi connectivity index (χ0v) is 26.4. The van der Waals surface area contributed by atoms with Crippen molar-refractivity contribution in [2.24, 2.45) is 0 Å². The highest BCUT2D eigenvalue weighted by Gasteiger charge is 2.16. The minimum absolute atomic E-state index is 0.0775. The summed E-state index contributed by atoms with van der Waals surface area (Å²) in [6.45, 7) is 15.3. The van der Waals surface area contributed by atoms with Gasteiger partial charge in [0.1, 0.15) is 29.6 Å². The first-order valence-corrected chi connectivity index (χ1v) is 14.7. The van der Waals surface area contributed by atoms with Crippen molar-refractivity contribution in [1.29, 1.82) is 0 Å². The molecule has 0 aliphatic carbocycles. The minimum atomic E-state index is -1.55. The van der Waals surface area contributed by atoms with Crippen LogP contribution in [0.5, 0.6) is 11.5 Å². The summed E-state index contributed by atoms with van der Waals surface area (Å²) in [6, 6.07) is 19.5. The molecule has 244 valence electrons. The van der Waals surface area contributed by atoms with E-state index in [1.54, 1.807) is 86.6 Å². The number of carbonyl (C=O) groups is 3. The maximum absolute atomic E-state index is 12.8. The van der Waals surface area contributed by atoms with Crippen LogP contribution in [0.25, 0.3) is 0 Å². The first-order chi connectivity index (χ1) is 22.5. The molecule has 0 fully saturated rings. The zero-order chi connectivity index (χ0) is 34.3. The van der Waals surface area contributed by atoms with Crippen molar-refractivity contribution in [3.8, 4) is 11.5 Å². The Kier molecular flexibility index (Phi) is 13.8. The quantitative estimate of drug-likeness (QED) is 0.0385. The Bertz CT molecular complexity index is 1600. The van der Waals surface area contributed by atoms with Crippen LogP contribution in [0.4, 0.5) is 0 Å². The molecule has 10 nitrogen and oxygen atoms in total. The fourth-order valence-corrected chi connectivity index (χ4v) is 3.87. The van der Waals surface area contributed by atoms with Crippen molar-refractivity contribution in [2.75, 3.05) is 13.2 Å². The van der Waals surface area contributed by atoms with Gasteiger partial charge in [-0.15, -0.1) is 0 Å². The van der Waals surface area contributed by atoms with E-state index in [-0.39, 0.29) is 24.7 Å². The standard InChI is InChI=1S/C36H37BO10/c1-6-34(38)44-22-8-7-21-43-32-17-13-30(14-18-32)36(40)47-27(5)25(3)24(2)26(4)46-35(39)29-11-9-28(10-12-29)23-45-33-19-15-31(16-20-33)37(41)42/h6,9-20,41-42H,1,4-5,7-8,21-23H2,2-3H3/b25-24-. The Balaban J connectivity index is 1.46. The fraction of sp³-hybridized carbons (Fsp3) is 0.194. The second-order valence-electron chi connectivity index (χ2n) is 10.3. The van der Waals surface area contributed by atoms with Crippen molar-refractivity contribution < 1.29 is 48.1 Å². The lowest BCUT2D eigenvalue weighted by atomic mass is 9.80. The Morgan fingerprint density at radius 2 is 1.17 bits per heavy atom. The predicted octanol–water partition coefficient (Wildman–Crippen LogP) is 5.21. The van der Waals surface area contributed by atoms with E-state index in [9.17, 15) is 24.4 Å². The van der Waals surface area contributed by atoms with Gasteiger partial charge in [0, 0.05) is 6.08 Å². The van der Waals surface area contributed by atoms with Crippen LogP contribution in [-0.4, -0.2) is 48.3 Å². The van der Waals surface area contributed by atoms with Crippen LogP contribution in [-0.2, 0) is 25.6 Å². The highest BCUT2D eigenvalue weighted by molar-refractivity contribution is 6.58. The lowest BCUT2D eigenvalue weighted by Crippen LogP contribution is -2.29. The van der Waals surface area contributed by atoms with Crippen LogP contribution in [0.2, 0.25) is 0 Å². The van der Waals surface area contributed by atoms with E-state index in [0.717, 1.165) is 11.6 Å². The molecule has 0 bridgehead atoms. The summed E-state index contributed by atoms with van der Waals surface area (Å²) in [5.41, 5.74) is 2.71. The van der Waals surface area contributed by atoms with Gasteiger partial charge in [0.05, 0.1) is 24.3 Å². The number of carbonyl (C=O) groups excluding carboxylic acids is 3. The van der Waals surface area contributed by atoms with E-state index in [1.165, 1.54) is 0 Å². The average molecular weight is 640 g/mol. The van der Waals surface area contributed by atoms with Crippen molar-refractivity contribution in [3.63, 3.8) is 0 Å². The van der Waals surface area contributed by atoms with Crippen molar-refractivity contribution in [2.45, 2.75) is 33.3 Å². The van der Waals surface area contributed by atoms with Gasteiger partial charge in [0.15, 0.2) is 0 Å². The van der Waals surface area contributed by atoms with E-state index >= 15 is 0 Å². The summed E-state index contributed by atoms with van der Waals surface area (Å²) in [6.07, 6.45) is 2.44. The number of rotatable bonds is 17. The topological polar surface area (TPSA) is 138 Å². The van der Waals surface area contributed by atoms with Crippen LogP contribution < -0.4 is 14.9 Å². The summed E-state index contributed by atoms with van der Waals surface area (Å²) in [4.78, 5) is 36.5. The molecular weight excluding hydrogens is 603 g/mol. The number of esters is 3. The Hall–Kier alpha value is -5.39. The molecule has 0 aliphatic rings. The predicted molar refractivity (Wildman–Crippen MR) is 177 cm³/mol. The molecule has 3 rings (SSSR count). The summed E-state index contributed by atoms with van der Waals surface area (Å²) >= 11 is 0. The Labute approximate surface area is 274 Å². The Morgan fingerprint density at radius 1 is 0.702 bits per heavy atom. The molecule has 3 aromatic carbocycles. The highest BCUT2D eigenvalue weighted by atomic mass is 16.5. The molecule has 0 radical (unpaired) electrons. The van der Waals surface area contributed by atoms with E-state index in [4.69, 9.17) is 23.7 Å². The number of ether oxygens (including phenoxy) is 5. The molecule has 3 aromatic rings. The lowest BCUT2D eigenvalue weighted by Gasteiger charge is -2.14. The van der Waals surface area contributed by atoms with E-state index in [1.807, 2.05) is 0 Å². The fourth-order valence-electron chi connectivity index (χ4n) is 3.87. The van der Waals surface area contributed by atoms with Crippen LogP contribution in [0.3, 0.4) is 0 Å². The van der Waals surface area contributed by atoms with E-state index in [0.29, 0.717) is 58.7 Å². The summed E-state index contributed by atoms with van der Waals surface area (Å²) in [5.74, 6) is -0.414. The molecule has 0 spiro atoms. The van der Waals surface area contributed by atoms with E-state index in [2.05, 4.69) is 19.7 Å². The van der Waals surface area contributed by atoms with Gasteiger partial charge in [-0.3, -0.25) is 0 Å². The van der Waals surface area contributed by atoms with Crippen LogP contribution >= 0.6 is 0 Å². The second kappa shape index (κ2) is 17.9. The molecule has 0 saturated carbocycles. The van der Waals surface area contributed by atoms with Gasteiger partial charge >= 0.3 is 25.0 Å². The van der Waals surface area contributed by atoms with Crippen molar-refractivity contribution in [3.05, 3.63) is 138 Å². The molecule has 0 heterocycles. The first-order valence-electron chi connectivity index (χ1n) is 14.7. The van der Waals surface area contributed by atoms with Gasteiger partial charge in [-0.05, 0) is 97.4 Å². The number of unbranched alkanes of at least 4 members (excludes halogenated alkanes) is 1. The van der Waals surface area contributed by atoms with Crippen LogP contribution in [0.15, 0.2) is 121 Å². The maximum Gasteiger partial charge on any atom is 0.488 e. The van der Waals surface area contributed by atoms with E-state index < -0.39 is 25.0 Å². The van der Waals surface area contributed by atoms with Gasteiger partial charge in [0.2, 0.25) is 0 Å². The van der Waals surface area contributed by atoms with Gasteiger partial charge < -0.3 is 33.7 Å². The third-order valence-corrected chi connectivity index (χ3v) is 6.91. The molecule has 0 unspecified atom stereocenters. The van der Waals surface area contributed by atoms with Crippen molar-refractivity contribution in [1.82, 2.24) is 0 Å². The minimum Gasteiger partial charge on any atom is -0.494 e. The monoisotopic (exact) mass is 640 g/mol. The molecule has 0 atom stereocenters. The molecule has 0 saturated heterocycles. The van der Waals surface area contributed by atoms with Gasteiger partial charge in [-0.1, -0.05) is 44.0 Å². The molecule has 47 heavy (non-hydrogen) atoms. The van der Waals surface area contributed by atoms with Crippen LogP contribution in [0.1, 0.15) is 53.0 Å². The summed E-state index contributed by atoms with van der Waals surface area (Å²) in [7, 11) is -1.55. The second-order valence-corrected chi connectivity index (χ2v) is 10.3. The van der Waals surface area contributed by atoms with Gasteiger partial charge in [-0.2, -0.15) is 0 Å². The SMILES string of the molecule is C=CC(=O)OCCCCOc1ccc(C(=O)OC(=C)/C(C)=C(/C)C(=C)OC(=O)c2ccc(COc3ccc(B(O)O)cc3)cc2)cc1. The molecule has 0 aliphatic heterocycles. The molecule has 2 N–H and O–H groups in total. The lowest BCUT2D eigenvalue weighted by molar-refractivity contribution is -0.137. The first kappa shape index (κ1) is 36.1. The Morgan fingerprint density at radius 3 is 1.68 bits per heavy atom. The molecule has 11 heteroatoms. The van der Waals surface area contributed by atoms with Crippen LogP contribution in [0, 0.1) is 0 Å². The summed E-state index contributed by atoms with van der Waals surface area (Å²) in [5, 5.41) is 18.4. The molecule has 0 aromatic heterocycles. The number of allylic oxidation sites excluding steroid dienone is 2. The normalized spacial score (nSPS) is 11.0. The highest BCUT2D eigenvalue weighted by Crippen LogP contribution is 2.23. The third-order valence-electron chi connectivity index (χ3n) is 6.91. The number of hydrogen-bond acceptors (Lipinski definition) is 10. The smallest absolute Gasteiger partial charge is 0.488 e. The third kappa shape index (κ3) is 11.5. The molecule has 0 amide bonds. The largest absolute Gasteiger partial charge is 0.494 e. The zero-order valence-electron chi connectivity index (χ0n) is 26.4. The maximum atomic E-state index is 12.8. The van der Waals surface area contributed by atoms with Gasteiger partial charge in [-0.25, -0.2) is 14.4 Å². The molecular formula is C36H37BO10. The summed E-state index contributed by atoms with van der Waals surface area (Å²) < 4.78 is 27.2. The average Bonchev–Trinajstić information content (AvgIpc) is 3.08. The number of hydrogen-bond donors (Lipinski definition) is 2. The number of benzene rings is 3. The van der Waals surface area contributed by atoms with Crippen molar-refractivity contribution >= 4 is 30.5 Å². The van der Waals surface area contributed by atoms with Gasteiger partial charge in [0.25, 0.3) is 0 Å².